The summed E-state index contributed by atoms with van der Waals surface area (Å²) in [5.41, 5.74) is 1.38. The fourth-order valence-corrected chi connectivity index (χ4v) is 3.95. The number of aromatic nitrogens is 3. The number of halogens is 1. The highest BCUT2D eigenvalue weighted by Gasteiger charge is 2.15. The molecule has 0 unspecified atom stereocenters. The molecule has 0 bridgehead atoms. The molecule has 2 aromatic heterocycles. The number of rotatable bonds is 7. The third kappa shape index (κ3) is 5.06. The van der Waals surface area contributed by atoms with E-state index < -0.39 is 5.91 Å². The molecule has 0 aliphatic rings. The molecule has 0 fully saturated rings. The van der Waals surface area contributed by atoms with Crippen LogP contribution in [0, 0.1) is 17.2 Å². The maximum atomic E-state index is 12.6. The number of nitrogens with zero attached hydrogens (tertiary/aromatic N) is 4. The largest absolute Gasteiger partial charge is 0.495 e. The van der Waals surface area contributed by atoms with Gasteiger partial charge in [0.2, 0.25) is 5.13 Å². The average molecular weight is 442 g/mol. The molecule has 9 heteroatoms. The van der Waals surface area contributed by atoms with Crippen LogP contribution in [0.3, 0.4) is 0 Å². The van der Waals surface area contributed by atoms with Crippen molar-refractivity contribution in [3.05, 3.63) is 57.8 Å². The number of benzene rings is 1. The Morgan fingerprint density at radius 3 is 2.87 bits per heavy atom. The molecule has 1 amide bonds. The molecule has 0 saturated heterocycles. The van der Waals surface area contributed by atoms with Gasteiger partial charge in [0.05, 0.1) is 12.1 Å². The van der Waals surface area contributed by atoms with E-state index in [9.17, 15) is 10.1 Å². The second-order valence-electron chi connectivity index (χ2n) is 6.84. The van der Waals surface area contributed by atoms with Gasteiger partial charge < -0.3 is 9.30 Å². The molecule has 1 N–H and O–H groups in total. The van der Waals surface area contributed by atoms with Crippen molar-refractivity contribution >= 4 is 40.1 Å². The third-order valence-electron chi connectivity index (χ3n) is 4.12. The lowest BCUT2D eigenvalue weighted by Gasteiger charge is -2.10. The molecule has 7 nitrogen and oxygen atoms in total. The zero-order valence-electron chi connectivity index (χ0n) is 16.7. The quantitative estimate of drug-likeness (QED) is 0.422. The fraction of sp³-hybridized carbons (Fsp3) is 0.238. The van der Waals surface area contributed by atoms with E-state index in [0.29, 0.717) is 27.5 Å². The zero-order chi connectivity index (χ0) is 21.7. The van der Waals surface area contributed by atoms with E-state index in [1.54, 1.807) is 25.3 Å². The van der Waals surface area contributed by atoms with E-state index in [4.69, 9.17) is 16.3 Å². The molecule has 1 aromatic carbocycles. The predicted octanol–water partition coefficient (Wildman–Crippen LogP) is 4.73. The van der Waals surface area contributed by atoms with Gasteiger partial charge in [0.25, 0.3) is 5.91 Å². The normalized spacial score (nSPS) is 11.4. The SMILES string of the molecule is COc1ccc(-n2cccc2C=C(C#N)C(=O)Nc2nnc(CC(C)C)s2)cc1Cl. The van der Waals surface area contributed by atoms with Crippen LogP contribution < -0.4 is 10.1 Å². The van der Waals surface area contributed by atoms with Crippen molar-refractivity contribution in [2.75, 3.05) is 12.4 Å². The minimum absolute atomic E-state index is 0.0461. The van der Waals surface area contributed by atoms with Crippen LogP contribution in [0.2, 0.25) is 5.02 Å². The second-order valence-corrected chi connectivity index (χ2v) is 8.31. The smallest absolute Gasteiger partial charge is 0.268 e. The van der Waals surface area contributed by atoms with E-state index in [1.807, 2.05) is 29.0 Å². The Bertz CT molecular complexity index is 1130. The van der Waals surface area contributed by atoms with Gasteiger partial charge in [0, 0.05) is 24.0 Å². The summed E-state index contributed by atoms with van der Waals surface area (Å²) in [5, 5.41) is 21.9. The number of carbonyl (C=O) groups is 1. The summed E-state index contributed by atoms with van der Waals surface area (Å²) in [7, 11) is 1.55. The number of carbonyl (C=O) groups excluding carboxylic acids is 1. The van der Waals surface area contributed by atoms with Gasteiger partial charge >= 0.3 is 0 Å². The molecule has 3 aromatic rings. The summed E-state index contributed by atoms with van der Waals surface area (Å²) in [6.45, 7) is 4.17. The first-order valence-electron chi connectivity index (χ1n) is 9.18. The van der Waals surface area contributed by atoms with E-state index in [2.05, 4.69) is 29.4 Å². The van der Waals surface area contributed by atoms with Gasteiger partial charge in [-0.3, -0.25) is 10.1 Å². The first kappa shape index (κ1) is 21.6. The Morgan fingerprint density at radius 1 is 1.40 bits per heavy atom. The Morgan fingerprint density at radius 2 is 2.20 bits per heavy atom. The van der Waals surface area contributed by atoms with Gasteiger partial charge in [-0.15, -0.1) is 10.2 Å². The van der Waals surface area contributed by atoms with Gasteiger partial charge in [-0.2, -0.15) is 5.26 Å². The summed E-state index contributed by atoms with van der Waals surface area (Å²) in [6.07, 6.45) is 4.12. The van der Waals surface area contributed by atoms with E-state index in [-0.39, 0.29) is 5.57 Å². The molecular formula is C21H20ClN5O2S. The monoisotopic (exact) mass is 441 g/mol. The third-order valence-corrected chi connectivity index (χ3v) is 5.28. The Hall–Kier alpha value is -3.15. The lowest BCUT2D eigenvalue weighted by molar-refractivity contribution is -0.112. The summed E-state index contributed by atoms with van der Waals surface area (Å²) < 4.78 is 7.00. The topological polar surface area (TPSA) is 92.8 Å². The van der Waals surface area contributed by atoms with Gasteiger partial charge in [0.15, 0.2) is 0 Å². The average Bonchev–Trinajstić information content (AvgIpc) is 3.34. The van der Waals surface area contributed by atoms with Crippen molar-refractivity contribution < 1.29 is 9.53 Å². The van der Waals surface area contributed by atoms with Gasteiger partial charge in [-0.05, 0) is 42.3 Å². The zero-order valence-corrected chi connectivity index (χ0v) is 18.3. The Kier molecular flexibility index (Phi) is 6.87. The Labute approximate surface area is 183 Å². The van der Waals surface area contributed by atoms with Crippen LogP contribution in [0.15, 0.2) is 42.1 Å². The summed E-state index contributed by atoms with van der Waals surface area (Å²) in [6, 6.07) is 10.9. The fourth-order valence-electron chi connectivity index (χ4n) is 2.75. The van der Waals surface area contributed by atoms with E-state index in [0.717, 1.165) is 17.1 Å². The van der Waals surface area contributed by atoms with Crippen LogP contribution in [0.5, 0.6) is 5.75 Å². The van der Waals surface area contributed by atoms with Crippen molar-refractivity contribution in [1.29, 1.82) is 5.26 Å². The number of nitriles is 1. The first-order chi connectivity index (χ1) is 14.4. The molecule has 0 spiro atoms. The molecule has 2 heterocycles. The second kappa shape index (κ2) is 9.57. The first-order valence-corrected chi connectivity index (χ1v) is 10.4. The maximum Gasteiger partial charge on any atom is 0.268 e. The van der Waals surface area contributed by atoms with Crippen molar-refractivity contribution in [1.82, 2.24) is 14.8 Å². The molecule has 0 radical (unpaired) electrons. The molecule has 0 saturated carbocycles. The number of hydrogen-bond acceptors (Lipinski definition) is 6. The van der Waals surface area contributed by atoms with Crippen molar-refractivity contribution in [3.8, 4) is 17.5 Å². The van der Waals surface area contributed by atoms with Gasteiger partial charge in [-0.25, -0.2) is 0 Å². The van der Waals surface area contributed by atoms with Gasteiger partial charge in [0.1, 0.15) is 22.4 Å². The predicted molar refractivity (Wildman–Crippen MR) is 118 cm³/mol. The lowest BCUT2D eigenvalue weighted by Crippen LogP contribution is -2.13. The summed E-state index contributed by atoms with van der Waals surface area (Å²) in [5.74, 6) is 0.469. The minimum Gasteiger partial charge on any atom is -0.495 e. The molecule has 0 atom stereocenters. The van der Waals surface area contributed by atoms with Crippen molar-refractivity contribution in [2.24, 2.45) is 5.92 Å². The molecule has 0 aliphatic carbocycles. The van der Waals surface area contributed by atoms with Crippen LogP contribution in [-0.2, 0) is 11.2 Å². The van der Waals surface area contributed by atoms with Crippen LogP contribution >= 0.6 is 22.9 Å². The number of nitrogens with one attached hydrogen (secondary N) is 1. The molecule has 0 aliphatic heterocycles. The molecule has 30 heavy (non-hydrogen) atoms. The van der Waals surface area contributed by atoms with Crippen LogP contribution in [0.1, 0.15) is 24.5 Å². The van der Waals surface area contributed by atoms with Crippen molar-refractivity contribution in [2.45, 2.75) is 20.3 Å². The number of amides is 1. The highest BCUT2D eigenvalue weighted by Crippen LogP contribution is 2.28. The van der Waals surface area contributed by atoms with E-state index in [1.165, 1.54) is 17.4 Å². The molecular weight excluding hydrogens is 422 g/mol. The van der Waals surface area contributed by atoms with Crippen LogP contribution in [0.25, 0.3) is 11.8 Å². The van der Waals surface area contributed by atoms with Crippen LogP contribution in [-0.4, -0.2) is 27.8 Å². The highest BCUT2D eigenvalue weighted by molar-refractivity contribution is 7.15. The van der Waals surface area contributed by atoms with Crippen LogP contribution in [0.4, 0.5) is 5.13 Å². The lowest BCUT2D eigenvalue weighted by atomic mass is 10.1. The molecule has 154 valence electrons. The summed E-state index contributed by atoms with van der Waals surface area (Å²) >= 11 is 7.53. The maximum absolute atomic E-state index is 12.6. The number of hydrogen-bond donors (Lipinski definition) is 1. The minimum atomic E-state index is -0.537. The molecule has 3 rings (SSSR count). The number of anilines is 1. The van der Waals surface area contributed by atoms with E-state index >= 15 is 0 Å². The standard InChI is InChI=1S/C21H20ClN5O2S/c1-13(2)9-19-25-26-21(30-19)24-20(28)14(12-23)10-15-5-4-8-27(15)16-6-7-18(29-3)17(22)11-16/h4-8,10-11,13H,9H2,1-3H3,(H,24,26,28). The van der Waals surface area contributed by atoms with Gasteiger partial charge in [-0.1, -0.05) is 36.8 Å². The Balaban J connectivity index is 1.82. The number of methoxy groups -OCH3 is 1. The van der Waals surface area contributed by atoms with Crippen molar-refractivity contribution in [3.63, 3.8) is 0 Å². The number of ether oxygens (including phenoxy) is 1. The summed E-state index contributed by atoms with van der Waals surface area (Å²) in [4.78, 5) is 12.6. The highest BCUT2D eigenvalue weighted by atomic mass is 35.5.